The molecule has 0 unspecified atom stereocenters. The van der Waals surface area contributed by atoms with Crippen LogP contribution in [-0.2, 0) is 0 Å². The first-order valence-electron chi connectivity index (χ1n) is 6.69. The van der Waals surface area contributed by atoms with Crippen molar-refractivity contribution in [3.63, 3.8) is 0 Å². The molecule has 1 saturated heterocycles. The maximum atomic E-state index is 12.5. The number of anilines is 1. The number of benzene rings is 1. The molecule has 0 bridgehead atoms. The second kappa shape index (κ2) is 6.77. The third-order valence-corrected chi connectivity index (χ3v) is 5.29. The molecule has 7 heteroatoms. The molecule has 0 saturated carbocycles. The van der Waals surface area contributed by atoms with Crippen LogP contribution in [0.2, 0.25) is 10.0 Å². The summed E-state index contributed by atoms with van der Waals surface area (Å²) in [5, 5.41) is 3.72. The minimum Gasteiger partial charge on any atom is -0.308 e. The number of hydrogen-bond acceptors (Lipinski definition) is 3. The summed E-state index contributed by atoms with van der Waals surface area (Å²) in [5.74, 6) is 0.897. The Morgan fingerprint density at radius 1 is 1.32 bits per heavy atom. The van der Waals surface area contributed by atoms with Crippen molar-refractivity contribution in [2.45, 2.75) is 5.37 Å². The van der Waals surface area contributed by atoms with E-state index < -0.39 is 0 Å². The van der Waals surface area contributed by atoms with Crippen LogP contribution < -0.4 is 5.32 Å². The summed E-state index contributed by atoms with van der Waals surface area (Å²) in [7, 11) is 0. The van der Waals surface area contributed by atoms with Crippen molar-refractivity contribution in [2.75, 3.05) is 17.6 Å². The fraction of sp³-hybridized carbons (Fsp3) is 0.200. The van der Waals surface area contributed by atoms with Crippen LogP contribution in [0.5, 0.6) is 0 Å². The third kappa shape index (κ3) is 3.32. The van der Waals surface area contributed by atoms with Crippen LogP contribution in [-0.4, -0.2) is 28.2 Å². The van der Waals surface area contributed by atoms with Gasteiger partial charge in [-0.05, 0) is 24.3 Å². The van der Waals surface area contributed by atoms with E-state index in [1.54, 1.807) is 47.3 Å². The number of pyridine rings is 1. The van der Waals surface area contributed by atoms with Gasteiger partial charge < -0.3 is 10.2 Å². The lowest BCUT2D eigenvalue weighted by Crippen LogP contribution is -2.34. The molecule has 3 rings (SSSR count). The third-order valence-electron chi connectivity index (χ3n) is 3.29. The predicted molar refractivity (Wildman–Crippen MR) is 91.6 cm³/mol. The van der Waals surface area contributed by atoms with E-state index in [2.05, 4.69) is 10.3 Å². The van der Waals surface area contributed by atoms with E-state index in [0.717, 1.165) is 11.3 Å². The number of rotatable bonds is 2. The highest BCUT2D eigenvalue weighted by molar-refractivity contribution is 7.99. The minimum atomic E-state index is -0.155. The molecule has 1 N–H and O–H groups in total. The van der Waals surface area contributed by atoms with Crippen LogP contribution in [0.1, 0.15) is 10.9 Å². The summed E-state index contributed by atoms with van der Waals surface area (Å²) in [6.45, 7) is 0.692. The van der Waals surface area contributed by atoms with Crippen LogP contribution in [0.4, 0.5) is 10.5 Å². The van der Waals surface area contributed by atoms with Crippen LogP contribution in [0.15, 0.2) is 42.7 Å². The van der Waals surface area contributed by atoms with Gasteiger partial charge in [0.25, 0.3) is 0 Å². The van der Waals surface area contributed by atoms with Crippen LogP contribution >= 0.6 is 35.0 Å². The average Bonchev–Trinajstić information content (AvgIpc) is 3.01. The summed E-state index contributed by atoms with van der Waals surface area (Å²) >= 11 is 13.6. The first-order chi connectivity index (χ1) is 10.6. The van der Waals surface area contributed by atoms with E-state index in [1.807, 2.05) is 12.1 Å². The Morgan fingerprint density at radius 2 is 2.18 bits per heavy atom. The molecule has 1 fully saturated rings. The number of aromatic nitrogens is 1. The number of thioether (sulfide) groups is 1. The van der Waals surface area contributed by atoms with E-state index in [-0.39, 0.29) is 11.4 Å². The molecule has 1 aliphatic heterocycles. The van der Waals surface area contributed by atoms with E-state index in [1.165, 1.54) is 0 Å². The standard InChI is InChI=1S/C15H13Cl2N3OS/c16-12-4-3-11(8-13(12)17)19-15(21)20-6-7-22-14(20)10-2-1-5-18-9-10/h1-5,8-9,14H,6-7H2,(H,19,21)/t14-/m0/s1. The Morgan fingerprint density at radius 3 is 2.91 bits per heavy atom. The molecular formula is C15H13Cl2N3OS. The highest BCUT2D eigenvalue weighted by atomic mass is 35.5. The summed E-state index contributed by atoms with van der Waals surface area (Å²) in [6.07, 6.45) is 3.52. The Kier molecular flexibility index (Phi) is 4.76. The van der Waals surface area contributed by atoms with Gasteiger partial charge in [-0.1, -0.05) is 29.3 Å². The van der Waals surface area contributed by atoms with Gasteiger partial charge in [-0.3, -0.25) is 4.98 Å². The molecule has 2 aromatic rings. The number of carbonyl (C=O) groups excluding carboxylic acids is 1. The van der Waals surface area contributed by atoms with E-state index in [9.17, 15) is 4.79 Å². The number of nitrogens with one attached hydrogen (secondary N) is 1. The van der Waals surface area contributed by atoms with Crippen molar-refractivity contribution < 1.29 is 4.79 Å². The van der Waals surface area contributed by atoms with Crippen molar-refractivity contribution in [1.82, 2.24) is 9.88 Å². The van der Waals surface area contributed by atoms with Gasteiger partial charge in [0.05, 0.1) is 10.0 Å². The molecular weight excluding hydrogens is 341 g/mol. The van der Waals surface area contributed by atoms with Crippen LogP contribution in [0.3, 0.4) is 0 Å². The maximum absolute atomic E-state index is 12.5. The predicted octanol–water partition coefficient (Wildman–Crippen LogP) is 4.67. The van der Waals surface area contributed by atoms with Crippen molar-refractivity contribution >= 4 is 46.7 Å². The molecule has 114 valence electrons. The first kappa shape index (κ1) is 15.5. The van der Waals surface area contributed by atoms with E-state index >= 15 is 0 Å². The molecule has 1 atom stereocenters. The van der Waals surface area contributed by atoms with Crippen molar-refractivity contribution in [1.29, 1.82) is 0 Å². The highest BCUT2D eigenvalue weighted by Gasteiger charge is 2.30. The lowest BCUT2D eigenvalue weighted by Gasteiger charge is -2.24. The largest absolute Gasteiger partial charge is 0.323 e. The fourth-order valence-corrected chi connectivity index (χ4v) is 3.78. The lowest BCUT2D eigenvalue weighted by molar-refractivity contribution is 0.214. The normalized spacial score (nSPS) is 17.5. The number of carbonyl (C=O) groups is 1. The average molecular weight is 354 g/mol. The number of nitrogens with zero attached hydrogens (tertiary/aromatic N) is 2. The van der Waals surface area contributed by atoms with Crippen molar-refractivity contribution in [2.24, 2.45) is 0 Å². The van der Waals surface area contributed by atoms with E-state index in [4.69, 9.17) is 23.2 Å². The quantitative estimate of drug-likeness (QED) is 0.853. The molecule has 22 heavy (non-hydrogen) atoms. The first-order valence-corrected chi connectivity index (χ1v) is 8.50. The van der Waals surface area contributed by atoms with E-state index in [0.29, 0.717) is 22.3 Å². The monoisotopic (exact) mass is 353 g/mol. The zero-order valence-corrected chi connectivity index (χ0v) is 13.8. The molecule has 1 aliphatic rings. The van der Waals surface area contributed by atoms with Crippen LogP contribution in [0, 0.1) is 0 Å². The Labute approximate surface area is 142 Å². The minimum absolute atomic E-state index is 0.0172. The SMILES string of the molecule is O=C(Nc1ccc(Cl)c(Cl)c1)N1CCS[C@H]1c1cccnc1. The molecule has 1 aromatic heterocycles. The van der Waals surface area contributed by atoms with Gasteiger partial charge in [0, 0.05) is 35.9 Å². The number of amides is 2. The molecule has 2 amide bonds. The maximum Gasteiger partial charge on any atom is 0.323 e. The summed E-state index contributed by atoms with van der Waals surface area (Å²) in [5.41, 5.74) is 1.65. The molecule has 0 aliphatic carbocycles. The van der Waals surface area contributed by atoms with Gasteiger partial charge in [-0.25, -0.2) is 4.79 Å². The van der Waals surface area contributed by atoms with Gasteiger partial charge in [0.2, 0.25) is 0 Å². The Bertz CT molecular complexity index is 684. The van der Waals surface area contributed by atoms with Gasteiger partial charge in [-0.2, -0.15) is 0 Å². The van der Waals surface area contributed by atoms with Crippen LogP contribution in [0.25, 0.3) is 0 Å². The smallest absolute Gasteiger partial charge is 0.308 e. The lowest BCUT2D eigenvalue weighted by atomic mass is 10.2. The topological polar surface area (TPSA) is 45.2 Å². The molecule has 0 radical (unpaired) electrons. The fourth-order valence-electron chi connectivity index (χ4n) is 2.25. The summed E-state index contributed by atoms with van der Waals surface area (Å²) < 4.78 is 0. The van der Waals surface area contributed by atoms with Gasteiger partial charge >= 0.3 is 6.03 Å². The molecule has 2 heterocycles. The number of halogens is 2. The summed E-state index contributed by atoms with van der Waals surface area (Å²) in [4.78, 5) is 18.4. The second-order valence-electron chi connectivity index (χ2n) is 4.76. The molecule has 4 nitrogen and oxygen atoms in total. The Hall–Kier alpha value is -1.43. The summed E-state index contributed by atoms with van der Waals surface area (Å²) in [6, 6.07) is 8.74. The highest BCUT2D eigenvalue weighted by Crippen LogP contribution is 2.37. The molecule has 1 aromatic carbocycles. The molecule has 0 spiro atoms. The van der Waals surface area contributed by atoms with Crippen molar-refractivity contribution in [3.8, 4) is 0 Å². The zero-order chi connectivity index (χ0) is 15.5. The Balaban J connectivity index is 1.75. The number of hydrogen-bond donors (Lipinski definition) is 1. The van der Waals surface area contributed by atoms with Gasteiger partial charge in [0.15, 0.2) is 0 Å². The van der Waals surface area contributed by atoms with Gasteiger partial charge in [-0.15, -0.1) is 11.8 Å². The number of urea groups is 1. The van der Waals surface area contributed by atoms with Gasteiger partial charge in [0.1, 0.15) is 5.37 Å². The second-order valence-corrected chi connectivity index (χ2v) is 6.76. The van der Waals surface area contributed by atoms with Crippen molar-refractivity contribution in [3.05, 3.63) is 58.3 Å². The zero-order valence-electron chi connectivity index (χ0n) is 11.5.